The summed E-state index contributed by atoms with van der Waals surface area (Å²) in [5.74, 6) is 2.49. The predicted octanol–water partition coefficient (Wildman–Crippen LogP) is 5.09. The van der Waals surface area contributed by atoms with E-state index in [1.54, 1.807) is 7.11 Å². The number of nitrogens with one attached hydrogen (secondary N) is 1. The molecule has 0 spiro atoms. The number of benzene rings is 3. The highest BCUT2D eigenvalue weighted by Gasteiger charge is 2.47. The van der Waals surface area contributed by atoms with Crippen molar-refractivity contribution >= 4 is 33.8 Å². The van der Waals surface area contributed by atoms with Crippen molar-refractivity contribution in [3.05, 3.63) is 71.3 Å². The van der Waals surface area contributed by atoms with Gasteiger partial charge in [0.1, 0.15) is 11.3 Å². The van der Waals surface area contributed by atoms with E-state index in [9.17, 15) is 9.59 Å². The Bertz CT molecular complexity index is 2070. The molecule has 2 bridgehead atoms. The molecule has 0 unspecified atom stereocenters. The lowest BCUT2D eigenvalue weighted by atomic mass is 9.98. The van der Waals surface area contributed by atoms with Crippen LogP contribution in [0.15, 0.2) is 54.6 Å². The summed E-state index contributed by atoms with van der Waals surface area (Å²) in [5.41, 5.74) is 14.9. The zero-order valence-corrected chi connectivity index (χ0v) is 25.5. The van der Waals surface area contributed by atoms with Gasteiger partial charge in [0.05, 0.1) is 23.8 Å². The molecule has 4 heterocycles. The first kappa shape index (κ1) is 26.7. The third kappa shape index (κ3) is 3.99. The van der Waals surface area contributed by atoms with Gasteiger partial charge in [0.2, 0.25) is 0 Å². The smallest absolute Gasteiger partial charge is 0.254 e. The van der Waals surface area contributed by atoms with Gasteiger partial charge in [-0.05, 0) is 79.0 Å². The van der Waals surface area contributed by atoms with Crippen molar-refractivity contribution in [3.63, 3.8) is 0 Å². The number of aryl methyl sites for hydroxylation is 1. The van der Waals surface area contributed by atoms with Gasteiger partial charge < -0.3 is 29.8 Å². The first-order chi connectivity index (χ1) is 21.9. The molecule has 9 heteroatoms. The zero-order valence-electron chi connectivity index (χ0n) is 25.5. The largest absolute Gasteiger partial charge is 0.494 e. The Morgan fingerprint density at radius 1 is 1.04 bits per heavy atom. The monoisotopic (exact) mass is 600 g/mol. The Kier molecular flexibility index (Phi) is 5.75. The highest BCUT2D eigenvalue weighted by Crippen LogP contribution is 2.42. The normalized spacial score (nSPS) is 22.1. The third-order valence-electron chi connectivity index (χ3n) is 10.7. The fraction of sp³-hybridized carbons (Fsp3) is 0.361. The summed E-state index contributed by atoms with van der Waals surface area (Å²) in [6, 6.07) is 18.8. The maximum absolute atomic E-state index is 13.8. The highest BCUT2D eigenvalue weighted by atomic mass is 16.5. The SMILES string of the molecule is COc1cc(C(=O)N2C[C@H]3CC[C@@H]2[C@@H]3N)cc2nc(-c3cc4cccc(-c5ccc6c(c5)CNC6=O)c4n3CC3CC3)n(C)c12. The van der Waals surface area contributed by atoms with Crippen LogP contribution >= 0.6 is 0 Å². The van der Waals surface area contributed by atoms with Crippen LogP contribution in [0.3, 0.4) is 0 Å². The third-order valence-corrected chi connectivity index (χ3v) is 10.7. The molecule has 9 rings (SSSR count). The van der Waals surface area contributed by atoms with Crippen LogP contribution in [-0.4, -0.2) is 56.6 Å². The molecule has 9 nitrogen and oxygen atoms in total. The van der Waals surface area contributed by atoms with E-state index in [1.807, 2.05) is 30.1 Å². The van der Waals surface area contributed by atoms with E-state index in [0.29, 0.717) is 29.7 Å². The molecule has 2 aliphatic heterocycles. The van der Waals surface area contributed by atoms with E-state index in [-0.39, 0.29) is 23.9 Å². The molecule has 2 saturated carbocycles. The minimum atomic E-state index is -0.00692. The summed E-state index contributed by atoms with van der Waals surface area (Å²) in [4.78, 5) is 33.1. The molecule has 5 aromatic rings. The molecule has 2 aromatic heterocycles. The van der Waals surface area contributed by atoms with E-state index in [1.165, 1.54) is 18.4 Å². The Morgan fingerprint density at radius 2 is 1.91 bits per heavy atom. The molecule has 2 aliphatic carbocycles. The number of aromatic nitrogens is 3. The average Bonchev–Trinajstić information content (AvgIpc) is 3.27. The van der Waals surface area contributed by atoms with Gasteiger partial charge in [-0.1, -0.05) is 24.3 Å². The molecular weight excluding hydrogens is 564 g/mol. The Labute approximate surface area is 261 Å². The van der Waals surface area contributed by atoms with Crippen molar-refractivity contribution in [2.75, 3.05) is 13.7 Å². The van der Waals surface area contributed by atoms with E-state index in [4.69, 9.17) is 15.5 Å². The summed E-state index contributed by atoms with van der Waals surface area (Å²) >= 11 is 0. The van der Waals surface area contributed by atoms with Gasteiger partial charge in [-0.15, -0.1) is 0 Å². The number of carbonyl (C=O) groups is 2. The number of imidazole rings is 1. The molecule has 228 valence electrons. The summed E-state index contributed by atoms with van der Waals surface area (Å²) in [6.45, 7) is 2.19. The molecule has 3 fully saturated rings. The van der Waals surface area contributed by atoms with Crippen LogP contribution in [0.5, 0.6) is 5.75 Å². The zero-order chi connectivity index (χ0) is 30.6. The second kappa shape index (κ2) is 9.68. The molecule has 4 aliphatic rings. The van der Waals surface area contributed by atoms with Gasteiger partial charge >= 0.3 is 0 Å². The Balaban J connectivity index is 1.18. The first-order valence-corrected chi connectivity index (χ1v) is 16.0. The summed E-state index contributed by atoms with van der Waals surface area (Å²) < 4.78 is 10.4. The number of rotatable bonds is 6. The molecule has 2 amide bonds. The van der Waals surface area contributed by atoms with E-state index in [0.717, 1.165) is 76.1 Å². The van der Waals surface area contributed by atoms with Crippen LogP contribution in [0.25, 0.3) is 44.6 Å². The van der Waals surface area contributed by atoms with E-state index < -0.39 is 0 Å². The molecule has 3 N–H and O–H groups in total. The molecule has 1 saturated heterocycles. The lowest BCUT2D eigenvalue weighted by Gasteiger charge is -2.27. The molecule has 45 heavy (non-hydrogen) atoms. The standard InChI is InChI=1S/C36H36N6O3/c1-40-33-27(13-23(15-30(33)45-2)36(44)42-18-22-9-11-28(42)31(22)37)39-34(40)29-14-21-4-3-5-25(32(21)41(29)17-19-6-7-19)20-8-10-26-24(12-20)16-38-35(26)43/h3-5,8,10,12-15,19,22,28,31H,6-7,9,11,16-18,37H2,1-2H3,(H,38,43)/t22-,28-,31-/m1/s1. The maximum Gasteiger partial charge on any atom is 0.254 e. The van der Waals surface area contributed by atoms with Crippen molar-refractivity contribution < 1.29 is 14.3 Å². The van der Waals surface area contributed by atoms with Crippen LogP contribution in [0.4, 0.5) is 0 Å². The van der Waals surface area contributed by atoms with Gasteiger partial charge in [0.15, 0.2) is 5.82 Å². The van der Waals surface area contributed by atoms with Gasteiger partial charge in [-0.25, -0.2) is 4.98 Å². The molecular formula is C36H36N6O3. The highest BCUT2D eigenvalue weighted by molar-refractivity contribution is 6.03. The summed E-state index contributed by atoms with van der Waals surface area (Å²) in [7, 11) is 3.68. The van der Waals surface area contributed by atoms with Crippen LogP contribution in [-0.2, 0) is 20.1 Å². The number of amides is 2. The number of hydrogen-bond donors (Lipinski definition) is 2. The number of fused-ring (bicyclic) bond motifs is 5. The number of para-hydroxylation sites is 1. The number of ether oxygens (including phenoxy) is 1. The van der Waals surface area contributed by atoms with E-state index in [2.05, 4.69) is 50.8 Å². The lowest BCUT2D eigenvalue weighted by molar-refractivity contribution is 0.0700. The second-order valence-corrected chi connectivity index (χ2v) is 13.4. The van der Waals surface area contributed by atoms with Crippen molar-refractivity contribution in [2.24, 2.45) is 24.6 Å². The topological polar surface area (TPSA) is 107 Å². The number of piperidine rings is 1. The van der Waals surface area contributed by atoms with E-state index >= 15 is 0 Å². The first-order valence-electron chi connectivity index (χ1n) is 16.0. The van der Waals surface area contributed by atoms with Crippen molar-refractivity contribution in [3.8, 4) is 28.4 Å². The number of nitrogens with zero attached hydrogens (tertiary/aromatic N) is 4. The molecule has 3 atom stereocenters. The minimum absolute atomic E-state index is 0.00351. The van der Waals surface area contributed by atoms with Gasteiger partial charge in [-0.3, -0.25) is 9.59 Å². The van der Waals surface area contributed by atoms with Crippen molar-refractivity contribution in [1.82, 2.24) is 24.3 Å². The quantitative estimate of drug-likeness (QED) is 0.283. The summed E-state index contributed by atoms with van der Waals surface area (Å²) in [6.07, 6.45) is 4.51. The Hall–Kier alpha value is -4.63. The number of likely N-dealkylation sites (tertiary alicyclic amines) is 1. The van der Waals surface area contributed by atoms with Crippen molar-refractivity contribution in [2.45, 2.75) is 50.9 Å². The Morgan fingerprint density at radius 3 is 2.67 bits per heavy atom. The van der Waals surface area contributed by atoms with Crippen LogP contribution in [0.1, 0.15) is 52.0 Å². The predicted molar refractivity (Wildman–Crippen MR) is 173 cm³/mol. The molecule has 0 radical (unpaired) electrons. The van der Waals surface area contributed by atoms with Crippen molar-refractivity contribution in [1.29, 1.82) is 0 Å². The van der Waals surface area contributed by atoms with Crippen LogP contribution in [0, 0.1) is 11.8 Å². The van der Waals surface area contributed by atoms with Crippen LogP contribution in [0.2, 0.25) is 0 Å². The minimum Gasteiger partial charge on any atom is -0.494 e. The number of hydrogen-bond acceptors (Lipinski definition) is 5. The lowest BCUT2D eigenvalue weighted by Crippen LogP contribution is -2.41. The second-order valence-electron chi connectivity index (χ2n) is 13.4. The number of carbonyl (C=O) groups excluding carboxylic acids is 2. The maximum atomic E-state index is 13.8. The van der Waals surface area contributed by atoms with Gasteiger partial charge in [0.25, 0.3) is 11.8 Å². The number of nitrogens with two attached hydrogens (primary N) is 1. The fourth-order valence-electron chi connectivity index (χ4n) is 8.16. The van der Waals surface area contributed by atoms with Crippen LogP contribution < -0.4 is 15.8 Å². The van der Waals surface area contributed by atoms with Gasteiger partial charge in [0, 0.05) is 60.8 Å². The number of methoxy groups -OCH3 is 1. The fourth-order valence-corrected chi connectivity index (χ4v) is 8.16. The van der Waals surface area contributed by atoms with Gasteiger partial charge in [-0.2, -0.15) is 0 Å². The average molecular weight is 601 g/mol. The summed E-state index contributed by atoms with van der Waals surface area (Å²) in [5, 5.41) is 4.09. The molecule has 3 aromatic carbocycles.